The van der Waals surface area contributed by atoms with Crippen molar-refractivity contribution in [3.8, 4) is 0 Å². The third kappa shape index (κ3) is 5.34. The molecule has 2 rings (SSSR count). The first-order chi connectivity index (χ1) is 11.2. The lowest BCUT2D eigenvalue weighted by Gasteiger charge is -2.38. The summed E-state index contributed by atoms with van der Waals surface area (Å²) in [5.74, 6) is -0.788. The molecule has 25 heavy (non-hydrogen) atoms. The van der Waals surface area contributed by atoms with Crippen molar-refractivity contribution in [3.63, 3.8) is 0 Å². The molecule has 1 aromatic rings. The zero-order valence-electron chi connectivity index (χ0n) is 13.9. The molecule has 1 aromatic carbocycles. The number of nitrogens with zero attached hydrogens (tertiary/aromatic N) is 1. The van der Waals surface area contributed by atoms with Crippen molar-refractivity contribution in [2.24, 2.45) is 0 Å². The van der Waals surface area contributed by atoms with Gasteiger partial charge in [-0.2, -0.15) is 13.2 Å². The molecule has 1 fully saturated rings. The van der Waals surface area contributed by atoms with Crippen molar-refractivity contribution >= 4 is 24.2 Å². The van der Waals surface area contributed by atoms with E-state index in [0.29, 0.717) is 13.1 Å². The van der Waals surface area contributed by atoms with Gasteiger partial charge in [-0.3, -0.25) is 9.59 Å². The molecule has 0 spiro atoms. The highest BCUT2D eigenvalue weighted by atomic mass is 35.5. The number of halogens is 4. The van der Waals surface area contributed by atoms with E-state index in [1.165, 1.54) is 0 Å². The fourth-order valence-corrected chi connectivity index (χ4v) is 2.58. The third-order valence-corrected chi connectivity index (χ3v) is 4.23. The molecule has 2 amide bonds. The molecule has 0 radical (unpaired) electrons. The van der Waals surface area contributed by atoms with E-state index in [1.54, 1.807) is 4.90 Å². The molecule has 1 aliphatic rings. The van der Waals surface area contributed by atoms with Crippen molar-refractivity contribution in [1.29, 1.82) is 0 Å². The molecule has 0 saturated carbocycles. The van der Waals surface area contributed by atoms with Crippen LogP contribution in [0.3, 0.4) is 0 Å². The smallest absolute Gasteiger partial charge is 0.343 e. The summed E-state index contributed by atoms with van der Waals surface area (Å²) in [7, 11) is 0. The summed E-state index contributed by atoms with van der Waals surface area (Å²) in [5, 5.41) is 5.71. The summed E-state index contributed by atoms with van der Waals surface area (Å²) in [5.41, 5.74) is -0.740. The minimum absolute atomic E-state index is 0. The second kappa shape index (κ2) is 8.53. The van der Waals surface area contributed by atoms with Crippen LogP contribution < -0.4 is 10.6 Å². The molecule has 0 aromatic heterocycles. The Morgan fingerprint density at radius 2 is 1.84 bits per heavy atom. The molecule has 140 valence electrons. The Morgan fingerprint density at radius 1 is 1.24 bits per heavy atom. The molecule has 2 unspecified atom stereocenters. The number of hydrogen-bond donors (Lipinski definition) is 2. The molecule has 0 bridgehead atoms. The maximum atomic E-state index is 12.5. The predicted molar refractivity (Wildman–Crippen MR) is 89.7 cm³/mol. The molecule has 1 heterocycles. The van der Waals surface area contributed by atoms with Crippen LogP contribution in [0.5, 0.6) is 0 Å². The third-order valence-electron chi connectivity index (χ3n) is 4.23. The van der Waals surface area contributed by atoms with Crippen LogP contribution in [0.2, 0.25) is 0 Å². The first-order valence-electron chi connectivity index (χ1n) is 7.68. The molecular weight excluding hydrogens is 359 g/mol. The number of carbonyl (C=O) groups is 2. The van der Waals surface area contributed by atoms with Crippen LogP contribution in [0.25, 0.3) is 0 Å². The minimum atomic E-state index is -4.44. The molecule has 1 saturated heterocycles. The Bertz CT molecular complexity index is 608. The van der Waals surface area contributed by atoms with Crippen LogP contribution in [-0.2, 0) is 11.0 Å². The van der Waals surface area contributed by atoms with Crippen molar-refractivity contribution in [2.75, 3.05) is 19.6 Å². The summed E-state index contributed by atoms with van der Waals surface area (Å²) < 4.78 is 37.5. The van der Waals surface area contributed by atoms with Crippen molar-refractivity contribution in [3.05, 3.63) is 35.4 Å². The summed E-state index contributed by atoms with van der Waals surface area (Å²) in [4.78, 5) is 25.9. The van der Waals surface area contributed by atoms with Gasteiger partial charge in [0.05, 0.1) is 12.1 Å². The number of nitrogens with one attached hydrogen (secondary N) is 2. The largest absolute Gasteiger partial charge is 0.416 e. The molecular formula is C16H21ClF3N3O2. The quantitative estimate of drug-likeness (QED) is 0.845. The van der Waals surface area contributed by atoms with Crippen molar-refractivity contribution < 1.29 is 22.8 Å². The van der Waals surface area contributed by atoms with E-state index in [4.69, 9.17) is 0 Å². The molecule has 5 nitrogen and oxygen atoms in total. The van der Waals surface area contributed by atoms with Crippen LogP contribution in [0.4, 0.5) is 13.2 Å². The van der Waals surface area contributed by atoms with Gasteiger partial charge in [-0.25, -0.2) is 0 Å². The van der Waals surface area contributed by atoms with Gasteiger partial charge >= 0.3 is 6.18 Å². The number of piperazine rings is 1. The summed E-state index contributed by atoms with van der Waals surface area (Å²) in [6.45, 7) is 4.96. The monoisotopic (exact) mass is 379 g/mol. The standard InChI is InChI=1S/C16H20F3N3O2.ClH/c1-10-11(2)22(8-7-20-10)14(23)9-21-15(24)12-3-5-13(6-4-12)16(17,18)19;/h3-6,10-11,20H,7-9H2,1-2H3,(H,21,24);1H. The van der Waals surface area contributed by atoms with Gasteiger partial charge in [0.15, 0.2) is 0 Å². The van der Waals surface area contributed by atoms with E-state index in [1.807, 2.05) is 13.8 Å². The van der Waals surface area contributed by atoms with E-state index in [-0.39, 0.29) is 42.5 Å². The highest BCUT2D eigenvalue weighted by Gasteiger charge is 2.30. The summed E-state index contributed by atoms with van der Waals surface area (Å²) in [6, 6.07) is 4.05. The first kappa shape index (κ1) is 21.2. The molecule has 2 N–H and O–H groups in total. The van der Waals surface area contributed by atoms with E-state index in [2.05, 4.69) is 10.6 Å². The van der Waals surface area contributed by atoms with Crippen molar-refractivity contribution in [2.45, 2.75) is 32.1 Å². The van der Waals surface area contributed by atoms with Crippen LogP contribution >= 0.6 is 12.4 Å². The number of alkyl halides is 3. The fraction of sp³-hybridized carbons (Fsp3) is 0.500. The van der Waals surface area contributed by atoms with Crippen LogP contribution in [0.15, 0.2) is 24.3 Å². The molecule has 2 atom stereocenters. The summed E-state index contributed by atoms with van der Waals surface area (Å²) >= 11 is 0. The lowest BCUT2D eigenvalue weighted by atomic mass is 10.1. The lowest BCUT2D eigenvalue weighted by Crippen LogP contribution is -2.58. The van der Waals surface area contributed by atoms with Gasteiger partial charge in [-0.15, -0.1) is 12.4 Å². The van der Waals surface area contributed by atoms with E-state index >= 15 is 0 Å². The second-order valence-electron chi connectivity index (χ2n) is 5.83. The van der Waals surface area contributed by atoms with E-state index in [9.17, 15) is 22.8 Å². The number of carbonyl (C=O) groups excluding carboxylic acids is 2. The SMILES string of the molecule is CC1NCCN(C(=O)CNC(=O)c2ccc(C(F)(F)F)cc2)C1C.Cl. The zero-order valence-corrected chi connectivity index (χ0v) is 14.7. The zero-order chi connectivity index (χ0) is 17.9. The number of rotatable bonds is 3. The number of benzene rings is 1. The maximum absolute atomic E-state index is 12.5. The lowest BCUT2D eigenvalue weighted by molar-refractivity contribution is -0.137. The van der Waals surface area contributed by atoms with Gasteiger partial charge in [0.25, 0.3) is 5.91 Å². The maximum Gasteiger partial charge on any atom is 0.416 e. The Hall–Kier alpha value is -1.80. The minimum Gasteiger partial charge on any atom is -0.343 e. The number of amides is 2. The van der Waals surface area contributed by atoms with Gasteiger partial charge in [0.1, 0.15) is 0 Å². The Labute approximate surface area is 150 Å². The van der Waals surface area contributed by atoms with E-state index in [0.717, 1.165) is 24.3 Å². The Morgan fingerprint density at radius 3 is 2.40 bits per heavy atom. The van der Waals surface area contributed by atoms with E-state index < -0.39 is 17.6 Å². The van der Waals surface area contributed by atoms with Gasteiger partial charge in [0, 0.05) is 30.7 Å². The Balaban J connectivity index is 0.00000312. The Kier molecular flexibility index (Phi) is 7.25. The van der Waals surface area contributed by atoms with Crippen LogP contribution in [-0.4, -0.2) is 48.4 Å². The first-order valence-corrected chi connectivity index (χ1v) is 7.68. The van der Waals surface area contributed by atoms with Gasteiger partial charge in [-0.05, 0) is 38.1 Å². The van der Waals surface area contributed by atoms with Crippen LogP contribution in [0, 0.1) is 0 Å². The highest BCUT2D eigenvalue weighted by Crippen LogP contribution is 2.29. The molecule has 9 heteroatoms. The fourth-order valence-electron chi connectivity index (χ4n) is 2.58. The van der Waals surface area contributed by atoms with Gasteiger partial charge in [0.2, 0.25) is 5.91 Å². The van der Waals surface area contributed by atoms with Gasteiger partial charge < -0.3 is 15.5 Å². The average Bonchev–Trinajstić information content (AvgIpc) is 2.54. The van der Waals surface area contributed by atoms with Crippen LogP contribution in [0.1, 0.15) is 29.8 Å². The topological polar surface area (TPSA) is 61.4 Å². The normalized spacial score (nSPS) is 20.6. The molecule has 0 aliphatic carbocycles. The average molecular weight is 380 g/mol. The van der Waals surface area contributed by atoms with Crippen molar-refractivity contribution in [1.82, 2.24) is 15.5 Å². The highest BCUT2D eigenvalue weighted by molar-refractivity contribution is 5.96. The predicted octanol–water partition coefficient (Wildman–Crippen LogP) is 2.07. The second-order valence-corrected chi connectivity index (χ2v) is 5.83. The van der Waals surface area contributed by atoms with Gasteiger partial charge in [-0.1, -0.05) is 0 Å². The number of hydrogen-bond acceptors (Lipinski definition) is 3. The molecule has 1 aliphatic heterocycles. The summed E-state index contributed by atoms with van der Waals surface area (Å²) in [6.07, 6.45) is -4.44.